The number of hydrogen-bond donors (Lipinski definition) is 3. The second kappa shape index (κ2) is 10.4. The highest BCUT2D eigenvalue weighted by atomic mass is 16.7. The Morgan fingerprint density at radius 2 is 1.90 bits per heavy atom. The number of hydrogen-bond acceptors (Lipinski definition) is 6. The summed E-state index contributed by atoms with van der Waals surface area (Å²) in [5.41, 5.74) is 1.79. The number of amides is 2. The van der Waals surface area contributed by atoms with E-state index in [-0.39, 0.29) is 23.8 Å². The molecule has 2 aromatic carbocycles. The predicted molar refractivity (Wildman–Crippen MR) is 154 cm³/mol. The van der Waals surface area contributed by atoms with Crippen LogP contribution in [0.3, 0.4) is 0 Å². The lowest BCUT2D eigenvalue weighted by Gasteiger charge is -2.32. The summed E-state index contributed by atoms with van der Waals surface area (Å²) in [6, 6.07) is 9.01. The molecule has 0 aliphatic carbocycles. The number of carboxylic acid groups (broad SMARTS) is 1. The number of ether oxygens (including phenoxy) is 1. The van der Waals surface area contributed by atoms with E-state index in [2.05, 4.69) is 16.4 Å². The smallest absolute Gasteiger partial charge is 0.465 e. The minimum Gasteiger partial charge on any atom is -0.465 e. The number of rotatable bonds is 7. The van der Waals surface area contributed by atoms with Crippen LogP contribution in [-0.2, 0) is 18.8 Å². The summed E-state index contributed by atoms with van der Waals surface area (Å²) < 4.78 is 17.9. The van der Waals surface area contributed by atoms with E-state index in [1.807, 2.05) is 65.8 Å². The van der Waals surface area contributed by atoms with Crippen LogP contribution in [0.4, 0.5) is 4.79 Å². The standard InChI is InChI=1S/C29H39BN4O6/c1-16(2)23(33-27(36)37)26(35)34-14-17(15-38-7)12-22(34)25-31-21-11-8-18-13-19(9-10-20(18)24(21)32-25)30-39-28(3,4)29(5,6)40-30/h8-11,13,16-17,22-23,33H,12,14-15H2,1-7H3,(H,31,32)(H,36,37)/t17-,22-,23-/m0/s1. The molecule has 2 saturated heterocycles. The molecular weight excluding hydrogens is 511 g/mol. The van der Waals surface area contributed by atoms with Crippen LogP contribution >= 0.6 is 0 Å². The molecular formula is C29H39BN4O6. The fraction of sp³-hybridized carbons (Fsp3) is 0.552. The number of carbonyl (C=O) groups excluding carboxylic acids is 1. The van der Waals surface area contributed by atoms with Crippen molar-refractivity contribution in [3.05, 3.63) is 36.2 Å². The average molecular weight is 550 g/mol. The minimum absolute atomic E-state index is 0.115. The summed E-state index contributed by atoms with van der Waals surface area (Å²) in [5, 5.41) is 13.7. The molecule has 3 aromatic rings. The summed E-state index contributed by atoms with van der Waals surface area (Å²) in [7, 11) is 1.19. The zero-order valence-electron chi connectivity index (χ0n) is 24.3. The lowest BCUT2D eigenvalue weighted by molar-refractivity contribution is -0.135. The molecule has 214 valence electrons. The summed E-state index contributed by atoms with van der Waals surface area (Å²) in [6.45, 7) is 12.8. The van der Waals surface area contributed by atoms with Crippen molar-refractivity contribution in [2.24, 2.45) is 11.8 Å². The van der Waals surface area contributed by atoms with Crippen LogP contribution in [0, 0.1) is 11.8 Å². The SMILES string of the molecule is COC[C@H]1C[C@@H](c2nc3c(ccc4cc(B5OC(C)(C)C(C)(C)O5)ccc43)[nH]2)N(C(=O)[C@@H](NC(=O)O)C(C)C)C1. The van der Waals surface area contributed by atoms with Gasteiger partial charge in [0.1, 0.15) is 11.9 Å². The summed E-state index contributed by atoms with van der Waals surface area (Å²) in [6.07, 6.45) is -0.548. The van der Waals surface area contributed by atoms with Crippen molar-refractivity contribution in [1.29, 1.82) is 0 Å². The first-order valence-electron chi connectivity index (χ1n) is 13.9. The maximum Gasteiger partial charge on any atom is 0.494 e. The van der Waals surface area contributed by atoms with Gasteiger partial charge in [0.15, 0.2) is 0 Å². The molecule has 0 spiro atoms. The van der Waals surface area contributed by atoms with Gasteiger partial charge in [-0.2, -0.15) is 0 Å². The molecule has 10 nitrogen and oxygen atoms in total. The number of fused-ring (bicyclic) bond motifs is 3. The van der Waals surface area contributed by atoms with Crippen molar-refractivity contribution < 1.29 is 28.7 Å². The third kappa shape index (κ3) is 5.06. The van der Waals surface area contributed by atoms with Crippen LogP contribution in [-0.4, -0.2) is 76.6 Å². The van der Waals surface area contributed by atoms with Crippen molar-refractivity contribution in [2.45, 2.75) is 71.2 Å². The van der Waals surface area contributed by atoms with Crippen LogP contribution in [0.1, 0.15) is 59.8 Å². The Morgan fingerprint density at radius 1 is 1.20 bits per heavy atom. The van der Waals surface area contributed by atoms with Crippen LogP contribution in [0.25, 0.3) is 21.8 Å². The fourth-order valence-electron chi connectivity index (χ4n) is 5.73. The Balaban J connectivity index is 1.48. The van der Waals surface area contributed by atoms with Gasteiger partial charge >= 0.3 is 13.2 Å². The van der Waals surface area contributed by atoms with E-state index in [0.29, 0.717) is 25.4 Å². The van der Waals surface area contributed by atoms with Gasteiger partial charge in [-0.3, -0.25) is 4.79 Å². The van der Waals surface area contributed by atoms with Gasteiger partial charge in [-0.05, 0) is 56.9 Å². The van der Waals surface area contributed by atoms with E-state index in [1.54, 1.807) is 12.0 Å². The monoisotopic (exact) mass is 550 g/mol. The quantitative estimate of drug-likeness (QED) is 0.382. The molecule has 0 saturated carbocycles. The molecule has 0 bridgehead atoms. The molecule has 40 heavy (non-hydrogen) atoms. The number of nitrogens with one attached hydrogen (secondary N) is 2. The molecule has 2 amide bonds. The molecule has 11 heteroatoms. The Morgan fingerprint density at radius 3 is 2.52 bits per heavy atom. The number of carbonyl (C=O) groups is 2. The summed E-state index contributed by atoms with van der Waals surface area (Å²) in [5.74, 6) is 0.341. The highest BCUT2D eigenvalue weighted by Gasteiger charge is 2.51. The van der Waals surface area contributed by atoms with Crippen molar-refractivity contribution in [3.8, 4) is 0 Å². The number of aromatic nitrogens is 2. The second-order valence-electron chi connectivity index (χ2n) is 12.4. The fourth-order valence-corrected chi connectivity index (χ4v) is 5.73. The third-order valence-electron chi connectivity index (χ3n) is 8.64. The van der Waals surface area contributed by atoms with E-state index in [9.17, 15) is 14.7 Å². The second-order valence-corrected chi connectivity index (χ2v) is 12.4. The zero-order valence-corrected chi connectivity index (χ0v) is 24.3. The molecule has 2 aliphatic rings. The average Bonchev–Trinajstić information content (AvgIpc) is 3.55. The van der Waals surface area contributed by atoms with E-state index in [1.165, 1.54) is 0 Å². The topological polar surface area (TPSA) is 126 Å². The van der Waals surface area contributed by atoms with Crippen molar-refractivity contribution in [2.75, 3.05) is 20.3 Å². The number of likely N-dealkylation sites (tertiary alicyclic amines) is 1. The third-order valence-corrected chi connectivity index (χ3v) is 8.64. The first kappa shape index (κ1) is 28.4. The maximum atomic E-state index is 13.6. The number of aromatic amines is 1. The van der Waals surface area contributed by atoms with Crippen LogP contribution in [0.5, 0.6) is 0 Å². The van der Waals surface area contributed by atoms with E-state index >= 15 is 0 Å². The molecule has 3 heterocycles. The number of H-pyrrole nitrogens is 1. The number of methoxy groups -OCH3 is 1. The highest BCUT2D eigenvalue weighted by Crippen LogP contribution is 2.38. The lowest BCUT2D eigenvalue weighted by Crippen LogP contribution is -2.51. The van der Waals surface area contributed by atoms with Gasteiger partial charge in [0.25, 0.3) is 0 Å². The Bertz CT molecular complexity index is 1420. The molecule has 5 rings (SSSR count). The van der Waals surface area contributed by atoms with E-state index < -0.39 is 30.5 Å². The van der Waals surface area contributed by atoms with Crippen molar-refractivity contribution in [1.82, 2.24) is 20.2 Å². The first-order valence-corrected chi connectivity index (χ1v) is 13.9. The molecule has 0 radical (unpaired) electrons. The highest BCUT2D eigenvalue weighted by molar-refractivity contribution is 6.62. The van der Waals surface area contributed by atoms with Gasteiger partial charge in [0, 0.05) is 25.0 Å². The summed E-state index contributed by atoms with van der Waals surface area (Å²) >= 11 is 0. The minimum atomic E-state index is -1.22. The van der Waals surface area contributed by atoms with Gasteiger partial charge in [-0.1, -0.05) is 38.1 Å². The molecule has 2 aliphatic heterocycles. The normalized spacial score (nSPS) is 22.9. The first-order chi connectivity index (χ1) is 18.8. The largest absolute Gasteiger partial charge is 0.494 e. The maximum absolute atomic E-state index is 13.6. The van der Waals surface area contributed by atoms with Gasteiger partial charge in [0.2, 0.25) is 5.91 Å². The molecule has 2 fully saturated rings. The molecule has 3 N–H and O–H groups in total. The van der Waals surface area contributed by atoms with Gasteiger partial charge in [-0.25, -0.2) is 9.78 Å². The summed E-state index contributed by atoms with van der Waals surface area (Å²) in [4.78, 5) is 35.3. The van der Waals surface area contributed by atoms with Gasteiger partial charge in [0.05, 0.1) is 34.9 Å². The molecule has 3 atom stereocenters. The van der Waals surface area contributed by atoms with Gasteiger partial charge < -0.3 is 34.4 Å². The van der Waals surface area contributed by atoms with Crippen molar-refractivity contribution >= 4 is 46.4 Å². The van der Waals surface area contributed by atoms with E-state index in [0.717, 1.165) is 27.3 Å². The molecule has 0 unspecified atom stereocenters. The lowest BCUT2D eigenvalue weighted by atomic mass is 9.78. The van der Waals surface area contributed by atoms with Gasteiger partial charge in [-0.15, -0.1) is 0 Å². The van der Waals surface area contributed by atoms with E-state index in [4.69, 9.17) is 19.0 Å². The zero-order chi connectivity index (χ0) is 29.0. The predicted octanol–water partition coefficient (Wildman–Crippen LogP) is 3.84. The Kier molecular flexibility index (Phi) is 7.35. The van der Waals surface area contributed by atoms with Crippen LogP contribution < -0.4 is 10.8 Å². The van der Waals surface area contributed by atoms with Crippen LogP contribution in [0.15, 0.2) is 30.3 Å². The Hall–Kier alpha value is -3.15. The molecule has 1 aromatic heterocycles. The van der Waals surface area contributed by atoms with Crippen LogP contribution in [0.2, 0.25) is 0 Å². The Labute approximate surface area is 234 Å². The number of imidazole rings is 1. The number of nitrogens with zero attached hydrogens (tertiary/aromatic N) is 2. The van der Waals surface area contributed by atoms with Crippen molar-refractivity contribution in [3.63, 3.8) is 0 Å². The number of benzene rings is 2.